The molecule has 0 unspecified atom stereocenters. The number of anilines is 1. The Hall–Kier alpha value is -1.59. The first-order valence-corrected chi connectivity index (χ1v) is 7.16. The highest BCUT2D eigenvalue weighted by Crippen LogP contribution is 2.34. The SMILES string of the molecule is COCc1csc(N[C@H]2CCOc3ccccc32)n1. The first-order valence-electron chi connectivity index (χ1n) is 6.28. The Kier molecular flexibility index (Phi) is 3.66. The number of hydrogen-bond donors (Lipinski definition) is 1. The third kappa shape index (κ3) is 2.72. The van der Waals surface area contributed by atoms with Crippen molar-refractivity contribution in [1.82, 2.24) is 4.98 Å². The Morgan fingerprint density at radius 3 is 3.26 bits per heavy atom. The number of benzene rings is 1. The van der Waals surface area contributed by atoms with Gasteiger partial charge in [0.15, 0.2) is 5.13 Å². The van der Waals surface area contributed by atoms with Crippen LogP contribution in [-0.4, -0.2) is 18.7 Å². The third-order valence-electron chi connectivity index (χ3n) is 3.10. The molecule has 0 spiro atoms. The van der Waals surface area contributed by atoms with Gasteiger partial charge in [0.1, 0.15) is 5.75 Å². The molecule has 0 fully saturated rings. The number of thiazole rings is 1. The highest BCUT2D eigenvalue weighted by Gasteiger charge is 2.21. The Bertz CT molecular complexity index is 556. The van der Waals surface area contributed by atoms with Crippen molar-refractivity contribution in [3.8, 4) is 5.75 Å². The van der Waals surface area contributed by atoms with Crippen molar-refractivity contribution in [2.45, 2.75) is 19.1 Å². The molecule has 0 amide bonds. The van der Waals surface area contributed by atoms with E-state index in [9.17, 15) is 0 Å². The highest BCUT2D eigenvalue weighted by atomic mass is 32.1. The lowest BCUT2D eigenvalue weighted by molar-refractivity contribution is 0.182. The number of hydrogen-bond acceptors (Lipinski definition) is 5. The van der Waals surface area contributed by atoms with E-state index in [1.165, 1.54) is 5.56 Å². The summed E-state index contributed by atoms with van der Waals surface area (Å²) in [6.07, 6.45) is 0.955. The van der Waals surface area contributed by atoms with Crippen molar-refractivity contribution in [3.63, 3.8) is 0 Å². The summed E-state index contributed by atoms with van der Waals surface area (Å²) in [6, 6.07) is 8.44. The topological polar surface area (TPSA) is 43.4 Å². The molecule has 0 bridgehead atoms. The lowest BCUT2D eigenvalue weighted by Crippen LogP contribution is -2.20. The summed E-state index contributed by atoms with van der Waals surface area (Å²) in [5.74, 6) is 0.972. The van der Waals surface area contributed by atoms with Gasteiger partial charge in [-0.25, -0.2) is 4.98 Å². The van der Waals surface area contributed by atoms with E-state index in [1.54, 1.807) is 18.4 Å². The summed E-state index contributed by atoms with van der Waals surface area (Å²) >= 11 is 1.61. The van der Waals surface area contributed by atoms with Crippen LogP contribution in [0.15, 0.2) is 29.6 Å². The molecule has 4 nitrogen and oxygen atoms in total. The van der Waals surface area contributed by atoms with Crippen LogP contribution >= 0.6 is 11.3 Å². The van der Waals surface area contributed by atoms with E-state index in [1.807, 2.05) is 23.6 Å². The number of rotatable bonds is 4. The standard InChI is InChI=1S/C14H16N2O2S/c1-17-8-10-9-19-14(15-10)16-12-6-7-18-13-5-3-2-4-11(12)13/h2-5,9,12H,6-8H2,1H3,(H,15,16)/t12-/m0/s1. The second kappa shape index (κ2) is 5.59. The van der Waals surface area contributed by atoms with Crippen molar-refractivity contribution in [2.75, 3.05) is 19.0 Å². The van der Waals surface area contributed by atoms with Crippen molar-refractivity contribution in [2.24, 2.45) is 0 Å². The van der Waals surface area contributed by atoms with Gasteiger partial charge in [-0.3, -0.25) is 0 Å². The van der Waals surface area contributed by atoms with Crippen LogP contribution in [0.2, 0.25) is 0 Å². The fraction of sp³-hybridized carbons (Fsp3) is 0.357. The number of nitrogens with one attached hydrogen (secondary N) is 1. The lowest BCUT2D eigenvalue weighted by Gasteiger charge is -2.26. The second-order valence-electron chi connectivity index (χ2n) is 4.45. The quantitative estimate of drug-likeness (QED) is 0.931. The molecule has 1 aromatic carbocycles. The van der Waals surface area contributed by atoms with Gasteiger partial charge in [0.2, 0.25) is 0 Å². The number of fused-ring (bicyclic) bond motifs is 1. The maximum Gasteiger partial charge on any atom is 0.183 e. The Balaban J connectivity index is 1.76. The molecule has 1 N–H and O–H groups in total. The zero-order chi connectivity index (χ0) is 13.1. The van der Waals surface area contributed by atoms with Gasteiger partial charge in [-0.2, -0.15) is 0 Å². The smallest absolute Gasteiger partial charge is 0.183 e. The number of nitrogens with zero attached hydrogens (tertiary/aromatic N) is 1. The zero-order valence-corrected chi connectivity index (χ0v) is 11.6. The average Bonchev–Trinajstić information content (AvgIpc) is 2.87. The molecule has 1 atom stereocenters. The predicted octanol–water partition coefficient (Wildman–Crippen LogP) is 3.23. The van der Waals surface area contributed by atoms with Crippen LogP contribution in [0.5, 0.6) is 5.75 Å². The van der Waals surface area contributed by atoms with Crippen molar-refractivity contribution < 1.29 is 9.47 Å². The first kappa shape index (κ1) is 12.4. The van der Waals surface area contributed by atoms with Crippen molar-refractivity contribution >= 4 is 16.5 Å². The molecule has 2 aromatic rings. The minimum Gasteiger partial charge on any atom is -0.493 e. The number of ether oxygens (including phenoxy) is 2. The number of para-hydroxylation sites is 1. The van der Waals surface area contributed by atoms with E-state index in [0.717, 1.165) is 29.6 Å². The van der Waals surface area contributed by atoms with Crippen LogP contribution in [0, 0.1) is 0 Å². The Labute approximate surface area is 116 Å². The fourth-order valence-electron chi connectivity index (χ4n) is 2.23. The summed E-state index contributed by atoms with van der Waals surface area (Å²) in [5.41, 5.74) is 2.17. The summed E-state index contributed by atoms with van der Waals surface area (Å²) < 4.78 is 10.7. The van der Waals surface area contributed by atoms with Gasteiger partial charge in [-0.1, -0.05) is 18.2 Å². The summed E-state index contributed by atoms with van der Waals surface area (Å²) in [6.45, 7) is 1.30. The summed E-state index contributed by atoms with van der Waals surface area (Å²) in [7, 11) is 1.68. The molecular weight excluding hydrogens is 260 g/mol. The van der Waals surface area contributed by atoms with Gasteiger partial charge < -0.3 is 14.8 Å². The molecule has 0 radical (unpaired) electrons. The van der Waals surface area contributed by atoms with E-state index in [2.05, 4.69) is 16.4 Å². The predicted molar refractivity (Wildman–Crippen MR) is 75.7 cm³/mol. The molecule has 5 heteroatoms. The third-order valence-corrected chi connectivity index (χ3v) is 3.92. The van der Waals surface area contributed by atoms with Gasteiger partial charge in [0.25, 0.3) is 0 Å². The fourth-order valence-corrected chi connectivity index (χ4v) is 2.98. The molecule has 2 heterocycles. The van der Waals surface area contributed by atoms with Crippen LogP contribution in [0.1, 0.15) is 23.7 Å². The van der Waals surface area contributed by atoms with Crippen molar-refractivity contribution in [1.29, 1.82) is 0 Å². The van der Waals surface area contributed by atoms with E-state index in [4.69, 9.17) is 9.47 Å². The molecule has 19 heavy (non-hydrogen) atoms. The maximum atomic E-state index is 5.66. The van der Waals surface area contributed by atoms with Crippen LogP contribution in [0.25, 0.3) is 0 Å². The van der Waals surface area contributed by atoms with Gasteiger partial charge in [0, 0.05) is 24.5 Å². The van der Waals surface area contributed by atoms with Crippen LogP contribution in [0.4, 0.5) is 5.13 Å². The summed E-state index contributed by atoms with van der Waals surface area (Å²) in [4.78, 5) is 4.51. The monoisotopic (exact) mass is 276 g/mol. The second-order valence-corrected chi connectivity index (χ2v) is 5.31. The largest absolute Gasteiger partial charge is 0.493 e. The highest BCUT2D eigenvalue weighted by molar-refractivity contribution is 7.13. The lowest BCUT2D eigenvalue weighted by atomic mass is 10.0. The molecule has 0 aliphatic carbocycles. The van der Waals surface area contributed by atoms with E-state index in [-0.39, 0.29) is 6.04 Å². The molecule has 1 aliphatic rings. The molecule has 1 aliphatic heterocycles. The molecule has 0 saturated heterocycles. The Morgan fingerprint density at radius 1 is 1.47 bits per heavy atom. The van der Waals surface area contributed by atoms with Gasteiger partial charge in [-0.05, 0) is 6.07 Å². The molecular formula is C14H16N2O2S. The van der Waals surface area contributed by atoms with Crippen LogP contribution in [0.3, 0.4) is 0 Å². The molecule has 100 valence electrons. The maximum absolute atomic E-state index is 5.66. The van der Waals surface area contributed by atoms with E-state index in [0.29, 0.717) is 6.61 Å². The van der Waals surface area contributed by atoms with E-state index < -0.39 is 0 Å². The number of methoxy groups -OCH3 is 1. The van der Waals surface area contributed by atoms with Crippen LogP contribution < -0.4 is 10.1 Å². The minimum absolute atomic E-state index is 0.270. The zero-order valence-electron chi connectivity index (χ0n) is 10.8. The summed E-state index contributed by atoms with van der Waals surface area (Å²) in [5, 5.41) is 6.45. The van der Waals surface area contributed by atoms with Gasteiger partial charge in [-0.15, -0.1) is 11.3 Å². The van der Waals surface area contributed by atoms with Crippen molar-refractivity contribution in [3.05, 3.63) is 40.9 Å². The average molecular weight is 276 g/mol. The Morgan fingerprint density at radius 2 is 2.37 bits per heavy atom. The molecule has 3 rings (SSSR count). The minimum atomic E-state index is 0.270. The molecule has 1 aromatic heterocycles. The first-order chi connectivity index (χ1) is 9.36. The van der Waals surface area contributed by atoms with Crippen LogP contribution in [-0.2, 0) is 11.3 Å². The number of aromatic nitrogens is 1. The van der Waals surface area contributed by atoms with Gasteiger partial charge in [0.05, 0.1) is 24.9 Å². The normalized spacial score (nSPS) is 17.6. The van der Waals surface area contributed by atoms with E-state index >= 15 is 0 Å². The molecule has 0 saturated carbocycles. The van der Waals surface area contributed by atoms with Gasteiger partial charge >= 0.3 is 0 Å².